The molecule has 3 nitrogen and oxygen atoms in total. The Balaban J connectivity index is 2.93. The minimum atomic E-state index is -0.132. The number of alkyl halides is 1. The zero-order chi connectivity index (χ0) is 17.8. The number of carbonyl (C=O) groups is 1. The van der Waals surface area contributed by atoms with Crippen LogP contribution in [0.1, 0.15) is 64.0 Å². The fourth-order valence-electron chi connectivity index (χ4n) is 3.15. The molecular weight excluding hydrogens is 322 g/mol. The van der Waals surface area contributed by atoms with Gasteiger partial charge in [0.15, 0.2) is 0 Å². The SMILES string of the molecule is CCCCC[C@H](CC(=O)OC)N(CCCCl)[C@H](C)c1ccccc1. The van der Waals surface area contributed by atoms with Crippen molar-refractivity contribution < 1.29 is 9.53 Å². The number of benzene rings is 1. The highest BCUT2D eigenvalue weighted by Crippen LogP contribution is 2.27. The van der Waals surface area contributed by atoms with Gasteiger partial charge in [-0.2, -0.15) is 0 Å². The molecule has 0 heterocycles. The molecule has 2 atom stereocenters. The van der Waals surface area contributed by atoms with Crippen LogP contribution in [-0.2, 0) is 9.53 Å². The Morgan fingerprint density at radius 1 is 1.21 bits per heavy atom. The van der Waals surface area contributed by atoms with Crippen molar-refractivity contribution in [1.29, 1.82) is 0 Å². The molecule has 0 saturated carbocycles. The van der Waals surface area contributed by atoms with Crippen LogP contribution in [-0.4, -0.2) is 36.4 Å². The average molecular weight is 354 g/mol. The van der Waals surface area contributed by atoms with E-state index in [9.17, 15) is 4.79 Å². The Morgan fingerprint density at radius 2 is 1.92 bits per heavy atom. The van der Waals surface area contributed by atoms with Gasteiger partial charge in [-0.15, -0.1) is 11.6 Å². The number of nitrogens with zero attached hydrogens (tertiary/aromatic N) is 1. The topological polar surface area (TPSA) is 29.5 Å². The molecule has 0 aliphatic carbocycles. The van der Waals surface area contributed by atoms with Gasteiger partial charge in [-0.1, -0.05) is 56.5 Å². The number of hydrogen-bond donors (Lipinski definition) is 0. The van der Waals surface area contributed by atoms with Crippen molar-refractivity contribution in [1.82, 2.24) is 4.90 Å². The lowest BCUT2D eigenvalue weighted by atomic mass is 9.98. The fraction of sp³-hybridized carbons (Fsp3) is 0.650. The van der Waals surface area contributed by atoms with Gasteiger partial charge in [0.25, 0.3) is 0 Å². The summed E-state index contributed by atoms with van der Waals surface area (Å²) in [6.45, 7) is 5.31. The zero-order valence-electron chi connectivity index (χ0n) is 15.3. The van der Waals surface area contributed by atoms with Crippen LogP contribution < -0.4 is 0 Å². The van der Waals surface area contributed by atoms with Crippen molar-refractivity contribution in [2.24, 2.45) is 0 Å². The maximum atomic E-state index is 11.9. The summed E-state index contributed by atoms with van der Waals surface area (Å²) in [4.78, 5) is 14.4. The van der Waals surface area contributed by atoms with Crippen molar-refractivity contribution in [2.45, 2.75) is 64.5 Å². The van der Waals surface area contributed by atoms with Gasteiger partial charge in [-0.25, -0.2) is 0 Å². The standard InChI is InChI=1S/C20H32ClNO2/c1-4-5-7-13-19(16-20(23)24-3)22(15-10-14-21)17(2)18-11-8-6-9-12-18/h6,8-9,11-12,17,19H,4-5,7,10,13-16H2,1-3H3/t17-,19-/m1/s1. The average Bonchev–Trinajstić information content (AvgIpc) is 2.62. The third-order valence-corrected chi connectivity index (χ3v) is 4.84. The van der Waals surface area contributed by atoms with E-state index in [1.54, 1.807) is 0 Å². The highest BCUT2D eigenvalue weighted by molar-refractivity contribution is 6.17. The molecule has 0 saturated heterocycles. The minimum absolute atomic E-state index is 0.132. The summed E-state index contributed by atoms with van der Waals surface area (Å²) in [5.74, 6) is 0.505. The molecule has 0 aliphatic rings. The van der Waals surface area contributed by atoms with Crippen molar-refractivity contribution in [3.8, 4) is 0 Å². The van der Waals surface area contributed by atoms with Crippen LogP contribution in [0.5, 0.6) is 0 Å². The first kappa shape index (κ1) is 21.0. The second-order valence-corrected chi connectivity index (χ2v) is 6.67. The normalized spacial score (nSPS) is 13.7. The Kier molecular flexibility index (Phi) is 10.8. The Morgan fingerprint density at radius 3 is 2.50 bits per heavy atom. The highest BCUT2D eigenvalue weighted by Gasteiger charge is 2.26. The number of carbonyl (C=O) groups excluding carboxylic acids is 1. The first-order valence-corrected chi connectivity index (χ1v) is 9.60. The van der Waals surface area contributed by atoms with E-state index in [-0.39, 0.29) is 18.1 Å². The molecule has 0 spiro atoms. The van der Waals surface area contributed by atoms with Gasteiger partial charge < -0.3 is 4.74 Å². The summed E-state index contributed by atoms with van der Waals surface area (Å²) in [6.07, 6.45) is 5.89. The molecule has 0 amide bonds. The number of hydrogen-bond acceptors (Lipinski definition) is 3. The summed E-state index contributed by atoms with van der Waals surface area (Å²) in [5, 5.41) is 0. The van der Waals surface area contributed by atoms with Gasteiger partial charge >= 0.3 is 5.97 Å². The lowest BCUT2D eigenvalue weighted by Crippen LogP contribution is -2.40. The minimum Gasteiger partial charge on any atom is -0.469 e. The van der Waals surface area contributed by atoms with Gasteiger partial charge in [-0.3, -0.25) is 9.69 Å². The van der Waals surface area contributed by atoms with Crippen LogP contribution in [0.25, 0.3) is 0 Å². The smallest absolute Gasteiger partial charge is 0.307 e. The Hall–Kier alpha value is -1.06. The molecule has 1 rings (SSSR count). The van der Waals surface area contributed by atoms with E-state index in [0.717, 1.165) is 25.8 Å². The van der Waals surface area contributed by atoms with Crippen LogP contribution in [0.4, 0.5) is 0 Å². The molecule has 0 radical (unpaired) electrons. The summed E-state index contributed by atoms with van der Waals surface area (Å²) in [6, 6.07) is 10.9. The molecule has 0 N–H and O–H groups in total. The van der Waals surface area contributed by atoms with E-state index in [4.69, 9.17) is 16.3 Å². The maximum Gasteiger partial charge on any atom is 0.307 e. The van der Waals surface area contributed by atoms with Gasteiger partial charge in [-0.05, 0) is 25.3 Å². The second kappa shape index (κ2) is 12.3. The first-order valence-electron chi connectivity index (χ1n) is 9.07. The van der Waals surface area contributed by atoms with Crippen LogP contribution in [0.3, 0.4) is 0 Å². The van der Waals surface area contributed by atoms with Crippen molar-refractivity contribution in [3.63, 3.8) is 0 Å². The van der Waals surface area contributed by atoms with Gasteiger partial charge in [0, 0.05) is 24.5 Å². The molecule has 0 fully saturated rings. The van der Waals surface area contributed by atoms with E-state index in [1.807, 2.05) is 6.07 Å². The third kappa shape index (κ3) is 7.23. The van der Waals surface area contributed by atoms with E-state index >= 15 is 0 Å². The summed E-state index contributed by atoms with van der Waals surface area (Å²) in [7, 11) is 1.47. The second-order valence-electron chi connectivity index (χ2n) is 6.30. The molecule has 0 bridgehead atoms. The molecule has 1 aromatic rings. The number of methoxy groups -OCH3 is 1. The van der Waals surface area contributed by atoms with Crippen molar-refractivity contribution in [3.05, 3.63) is 35.9 Å². The molecule has 1 aromatic carbocycles. The monoisotopic (exact) mass is 353 g/mol. The van der Waals surface area contributed by atoms with E-state index < -0.39 is 0 Å². The van der Waals surface area contributed by atoms with Crippen LogP contribution >= 0.6 is 11.6 Å². The predicted octanol–water partition coefficient (Wildman–Crippen LogP) is 5.19. The lowest BCUT2D eigenvalue weighted by Gasteiger charge is -2.36. The third-order valence-electron chi connectivity index (χ3n) is 4.57. The molecule has 0 aromatic heterocycles. The van der Waals surface area contributed by atoms with Crippen LogP contribution in [0, 0.1) is 0 Å². The molecule has 136 valence electrons. The van der Waals surface area contributed by atoms with Gasteiger partial charge in [0.1, 0.15) is 0 Å². The quantitative estimate of drug-likeness (QED) is 0.294. The Labute approximate surface area is 152 Å². The lowest BCUT2D eigenvalue weighted by molar-refractivity contribution is -0.142. The maximum absolute atomic E-state index is 11.9. The number of unbranched alkanes of at least 4 members (excludes halogenated alkanes) is 2. The van der Waals surface area contributed by atoms with Gasteiger partial charge in [0.2, 0.25) is 0 Å². The summed E-state index contributed by atoms with van der Waals surface area (Å²) in [5.41, 5.74) is 1.28. The molecule has 0 aliphatic heterocycles. The number of rotatable bonds is 12. The molecule has 0 unspecified atom stereocenters. The highest BCUT2D eigenvalue weighted by atomic mass is 35.5. The summed E-state index contributed by atoms with van der Waals surface area (Å²) >= 11 is 5.94. The number of halogens is 1. The summed E-state index contributed by atoms with van der Waals surface area (Å²) < 4.78 is 4.94. The first-order chi connectivity index (χ1) is 11.6. The fourth-order valence-corrected chi connectivity index (χ4v) is 3.27. The van der Waals surface area contributed by atoms with E-state index in [2.05, 4.69) is 43.0 Å². The number of esters is 1. The van der Waals surface area contributed by atoms with E-state index in [0.29, 0.717) is 12.3 Å². The van der Waals surface area contributed by atoms with E-state index in [1.165, 1.54) is 25.5 Å². The van der Waals surface area contributed by atoms with Crippen LogP contribution in [0.15, 0.2) is 30.3 Å². The van der Waals surface area contributed by atoms with Crippen LogP contribution in [0.2, 0.25) is 0 Å². The van der Waals surface area contributed by atoms with Gasteiger partial charge in [0.05, 0.1) is 13.5 Å². The van der Waals surface area contributed by atoms with Crippen molar-refractivity contribution in [2.75, 3.05) is 19.5 Å². The Bertz CT molecular complexity index is 452. The zero-order valence-corrected chi connectivity index (χ0v) is 16.1. The molecular formula is C20H32ClNO2. The molecule has 4 heteroatoms. The number of ether oxygens (including phenoxy) is 1. The van der Waals surface area contributed by atoms with Crippen molar-refractivity contribution >= 4 is 17.6 Å². The predicted molar refractivity (Wildman–Crippen MR) is 101 cm³/mol. The largest absolute Gasteiger partial charge is 0.469 e. The molecule has 24 heavy (non-hydrogen) atoms.